The highest BCUT2D eigenvalue weighted by atomic mass is 32.1. The van der Waals surface area contributed by atoms with Gasteiger partial charge in [0.1, 0.15) is 10.6 Å². The van der Waals surface area contributed by atoms with E-state index < -0.39 is 5.60 Å². The SMILES string of the molecule is CCOC(=O)c1c(N)sc2c1C(C)CN(C(=O)OC(C)(C)C)C2. The summed E-state index contributed by atoms with van der Waals surface area (Å²) in [4.78, 5) is 27.0. The van der Waals surface area contributed by atoms with Crippen LogP contribution >= 0.6 is 11.3 Å². The summed E-state index contributed by atoms with van der Waals surface area (Å²) in [5, 5.41) is 0.450. The molecular weight excluding hydrogens is 316 g/mol. The van der Waals surface area contributed by atoms with Gasteiger partial charge in [-0.05, 0) is 33.3 Å². The third kappa shape index (κ3) is 3.77. The van der Waals surface area contributed by atoms with Gasteiger partial charge in [-0.15, -0.1) is 11.3 Å². The third-order valence-corrected chi connectivity index (χ3v) is 4.52. The molecule has 0 saturated carbocycles. The topological polar surface area (TPSA) is 81.9 Å². The van der Waals surface area contributed by atoms with E-state index in [9.17, 15) is 9.59 Å². The Hall–Kier alpha value is -1.76. The van der Waals surface area contributed by atoms with Gasteiger partial charge in [-0.25, -0.2) is 9.59 Å². The third-order valence-electron chi connectivity index (χ3n) is 3.50. The maximum absolute atomic E-state index is 12.3. The zero-order valence-electron chi connectivity index (χ0n) is 14.3. The first-order valence-electron chi connectivity index (χ1n) is 7.70. The van der Waals surface area contributed by atoms with Crippen LogP contribution in [0.2, 0.25) is 0 Å². The van der Waals surface area contributed by atoms with E-state index in [-0.39, 0.29) is 18.0 Å². The van der Waals surface area contributed by atoms with Crippen LogP contribution in [0.1, 0.15) is 61.3 Å². The largest absolute Gasteiger partial charge is 0.462 e. The molecule has 1 atom stereocenters. The fraction of sp³-hybridized carbons (Fsp3) is 0.625. The van der Waals surface area contributed by atoms with E-state index in [0.717, 1.165) is 10.4 Å². The van der Waals surface area contributed by atoms with Crippen LogP contribution < -0.4 is 5.73 Å². The molecule has 7 heteroatoms. The van der Waals surface area contributed by atoms with Crippen LogP contribution in [-0.4, -0.2) is 35.7 Å². The summed E-state index contributed by atoms with van der Waals surface area (Å²) in [6.45, 7) is 10.5. The molecule has 0 fully saturated rings. The van der Waals surface area contributed by atoms with Gasteiger partial charge < -0.3 is 20.1 Å². The smallest absolute Gasteiger partial charge is 0.410 e. The van der Waals surface area contributed by atoms with Crippen molar-refractivity contribution in [3.63, 3.8) is 0 Å². The number of nitrogen functional groups attached to an aromatic ring is 1. The van der Waals surface area contributed by atoms with Crippen molar-refractivity contribution in [2.24, 2.45) is 0 Å². The molecule has 0 saturated heterocycles. The Morgan fingerprint density at radius 1 is 1.39 bits per heavy atom. The average Bonchev–Trinajstić information content (AvgIpc) is 2.73. The number of carbonyl (C=O) groups excluding carboxylic acids is 2. The van der Waals surface area contributed by atoms with Gasteiger partial charge >= 0.3 is 12.1 Å². The normalized spacial score (nSPS) is 17.6. The van der Waals surface area contributed by atoms with E-state index in [4.69, 9.17) is 15.2 Å². The van der Waals surface area contributed by atoms with Gasteiger partial charge in [0.05, 0.1) is 18.7 Å². The number of thiophene rings is 1. The number of hydrogen-bond donors (Lipinski definition) is 1. The molecule has 1 aromatic heterocycles. The molecular formula is C16H24N2O4S. The van der Waals surface area contributed by atoms with Gasteiger partial charge in [-0.1, -0.05) is 6.92 Å². The van der Waals surface area contributed by atoms with Crippen molar-refractivity contribution >= 4 is 28.4 Å². The van der Waals surface area contributed by atoms with Gasteiger partial charge in [0.2, 0.25) is 0 Å². The number of amides is 1. The molecule has 1 amide bonds. The highest BCUT2D eigenvalue weighted by molar-refractivity contribution is 7.16. The summed E-state index contributed by atoms with van der Waals surface area (Å²) >= 11 is 1.34. The van der Waals surface area contributed by atoms with Crippen LogP contribution in [0.3, 0.4) is 0 Å². The molecule has 1 unspecified atom stereocenters. The second kappa shape index (κ2) is 6.39. The average molecular weight is 340 g/mol. The lowest BCUT2D eigenvalue weighted by molar-refractivity contribution is 0.0211. The molecule has 1 aromatic rings. The zero-order valence-corrected chi connectivity index (χ0v) is 15.1. The number of rotatable bonds is 2. The number of nitrogens with two attached hydrogens (primary N) is 1. The maximum Gasteiger partial charge on any atom is 0.410 e. The molecule has 2 heterocycles. The van der Waals surface area contributed by atoms with E-state index in [0.29, 0.717) is 30.3 Å². The number of hydrogen-bond acceptors (Lipinski definition) is 6. The van der Waals surface area contributed by atoms with E-state index >= 15 is 0 Å². The Morgan fingerprint density at radius 2 is 2.04 bits per heavy atom. The molecule has 0 aromatic carbocycles. The number of fused-ring (bicyclic) bond motifs is 1. The van der Waals surface area contributed by atoms with Crippen molar-refractivity contribution in [1.82, 2.24) is 4.90 Å². The van der Waals surface area contributed by atoms with Crippen LogP contribution in [0.25, 0.3) is 0 Å². The van der Waals surface area contributed by atoms with Crippen molar-refractivity contribution in [1.29, 1.82) is 0 Å². The molecule has 23 heavy (non-hydrogen) atoms. The van der Waals surface area contributed by atoms with E-state index in [1.54, 1.807) is 11.8 Å². The van der Waals surface area contributed by atoms with Crippen molar-refractivity contribution in [2.75, 3.05) is 18.9 Å². The summed E-state index contributed by atoms with van der Waals surface area (Å²) in [5.74, 6) is -0.390. The van der Waals surface area contributed by atoms with Gasteiger partial charge in [0.25, 0.3) is 0 Å². The van der Waals surface area contributed by atoms with Crippen molar-refractivity contribution < 1.29 is 19.1 Å². The summed E-state index contributed by atoms with van der Waals surface area (Å²) in [6.07, 6.45) is -0.348. The number of esters is 1. The lowest BCUT2D eigenvalue weighted by Gasteiger charge is -2.33. The number of carbonyl (C=O) groups is 2. The number of ether oxygens (including phenoxy) is 2. The molecule has 0 radical (unpaired) electrons. The molecule has 2 rings (SSSR count). The number of nitrogens with zero attached hydrogens (tertiary/aromatic N) is 1. The minimum absolute atomic E-state index is 0.000718. The molecule has 1 aliphatic rings. The van der Waals surface area contributed by atoms with Crippen LogP contribution in [0.5, 0.6) is 0 Å². The van der Waals surface area contributed by atoms with Gasteiger partial charge in [0, 0.05) is 17.3 Å². The highest BCUT2D eigenvalue weighted by Gasteiger charge is 2.35. The predicted molar refractivity (Wildman–Crippen MR) is 89.7 cm³/mol. The standard InChI is InChI=1S/C16H24N2O4S/c1-6-21-14(19)12-11-9(2)7-18(8-10(11)23-13(12)17)15(20)22-16(3,4)5/h9H,6-8,17H2,1-5H3. The van der Waals surface area contributed by atoms with Crippen LogP contribution in [0.15, 0.2) is 0 Å². The molecule has 0 bridgehead atoms. The van der Waals surface area contributed by atoms with E-state index in [1.165, 1.54) is 11.3 Å². The Morgan fingerprint density at radius 3 is 2.61 bits per heavy atom. The lowest BCUT2D eigenvalue weighted by Crippen LogP contribution is -2.40. The predicted octanol–water partition coefficient (Wildman–Crippen LogP) is 3.36. The Labute approximate surface area is 140 Å². The molecule has 6 nitrogen and oxygen atoms in total. The zero-order chi connectivity index (χ0) is 17.4. The van der Waals surface area contributed by atoms with Gasteiger partial charge in [0.15, 0.2) is 0 Å². The summed E-state index contributed by atoms with van der Waals surface area (Å²) in [7, 11) is 0. The molecule has 1 aliphatic heterocycles. The van der Waals surface area contributed by atoms with Crippen molar-refractivity contribution in [2.45, 2.75) is 52.7 Å². The van der Waals surface area contributed by atoms with Crippen LogP contribution in [0, 0.1) is 0 Å². The Kier molecular flexibility index (Phi) is 4.89. The summed E-state index contributed by atoms with van der Waals surface area (Å²) < 4.78 is 10.5. The van der Waals surface area contributed by atoms with E-state index in [1.807, 2.05) is 27.7 Å². The first kappa shape index (κ1) is 17.6. The fourth-order valence-electron chi connectivity index (χ4n) is 2.69. The van der Waals surface area contributed by atoms with Gasteiger partial charge in [-0.2, -0.15) is 0 Å². The summed E-state index contributed by atoms with van der Waals surface area (Å²) in [5.41, 5.74) is 6.85. The van der Waals surface area contributed by atoms with Crippen molar-refractivity contribution in [3.8, 4) is 0 Å². The van der Waals surface area contributed by atoms with E-state index in [2.05, 4.69) is 0 Å². The summed E-state index contributed by atoms with van der Waals surface area (Å²) in [6, 6.07) is 0. The first-order valence-corrected chi connectivity index (χ1v) is 8.51. The highest BCUT2D eigenvalue weighted by Crippen LogP contribution is 2.40. The Balaban J connectivity index is 2.27. The molecule has 0 aliphatic carbocycles. The maximum atomic E-state index is 12.3. The minimum Gasteiger partial charge on any atom is -0.462 e. The molecule has 2 N–H and O–H groups in total. The second-order valence-electron chi connectivity index (χ2n) is 6.66. The van der Waals surface area contributed by atoms with Gasteiger partial charge in [-0.3, -0.25) is 0 Å². The first-order chi connectivity index (χ1) is 10.6. The van der Waals surface area contributed by atoms with Crippen LogP contribution in [-0.2, 0) is 16.0 Å². The van der Waals surface area contributed by atoms with Crippen LogP contribution in [0.4, 0.5) is 9.80 Å². The second-order valence-corrected chi connectivity index (χ2v) is 7.80. The quantitative estimate of drug-likeness (QED) is 0.835. The monoisotopic (exact) mass is 340 g/mol. The minimum atomic E-state index is -0.537. The van der Waals surface area contributed by atoms with Crippen molar-refractivity contribution in [3.05, 3.63) is 16.0 Å². The molecule has 0 spiro atoms. The molecule has 128 valence electrons. The fourth-order valence-corrected chi connectivity index (χ4v) is 3.88. The Bertz CT molecular complexity index is 618. The lowest BCUT2D eigenvalue weighted by atomic mass is 9.93. The number of anilines is 1.